The predicted molar refractivity (Wildman–Crippen MR) is 86.2 cm³/mol. The fourth-order valence-corrected chi connectivity index (χ4v) is 2.42. The average molecular weight is 325 g/mol. The van der Waals surface area contributed by atoms with Gasteiger partial charge in [0.15, 0.2) is 0 Å². The highest BCUT2D eigenvalue weighted by molar-refractivity contribution is 6.35. The molecule has 2 aromatic carbocycles. The van der Waals surface area contributed by atoms with Crippen LogP contribution in [0.1, 0.15) is 24.9 Å². The van der Waals surface area contributed by atoms with Crippen molar-refractivity contribution in [1.29, 1.82) is 0 Å². The van der Waals surface area contributed by atoms with Gasteiger partial charge in [-0.25, -0.2) is 0 Å². The molecule has 0 aromatic heterocycles. The molecule has 0 saturated carbocycles. The third kappa shape index (κ3) is 3.86. The second-order valence-electron chi connectivity index (χ2n) is 4.58. The van der Waals surface area contributed by atoms with Crippen molar-refractivity contribution in [1.82, 2.24) is 0 Å². The van der Waals surface area contributed by atoms with E-state index in [9.17, 15) is 10.1 Å². The number of anilines is 1. The molecule has 4 nitrogen and oxygen atoms in total. The Hall–Kier alpha value is -1.78. The molecule has 1 atom stereocenters. The summed E-state index contributed by atoms with van der Waals surface area (Å²) >= 11 is 12.1. The van der Waals surface area contributed by atoms with Gasteiger partial charge in [-0.05, 0) is 30.2 Å². The van der Waals surface area contributed by atoms with Crippen LogP contribution in [0.25, 0.3) is 0 Å². The first-order valence-electron chi connectivity index (χ1n) is 6.47. The molecule has 0 fully saturated rings. The Morgan fingerprint density at radius 2 is 2.00 bits per heavy atom. The second kappa shape index (κ2) is 6.78. The SMILES string of the molecule is CCC(Nc1cc(Cl)ccc1Cl)c1cccc([N+](=O)[O-])c1. The Balaban J connectivity index is 2.29. The Bertz CT molecular complexity index is 662. The summed E-state index contributed by atoms with van der Waals surface area (Å²) in [6.45, 7) is 1.99. The Labute approximate surface area is 132 Å². The van der Waals surface area contributed by atoms with E-state index < -0.39 is 4.92 Å². The first-order valence-corrected chi connectivity index (χ1v) is 7.22. The maximum Gasteiger partial charge on any atom is 0.269 e. The topological polar surface area (TPSA) is 55.2 Å². The molecule has 0 spiro atoms. The van der Waals surface area contributed by atoms with E-state index in [1.165, 1.54) is 6.07 Å². The number of non-ortho nitro benzene ring substituents is 1. The van der Waals surface area contributed by atoms with Gasteiger partial charge in [-0.3, -0.25) is 10.1 Å². The third-order valence-electron chi connectivity index (χ3n) is 3.15. The highest BCUT2D eigenvalue weighted by Gasteiger charge is 2.14. The lowest BCUT2D eigenvalue weighted by Gasteiger charge is -2.19. The number of nitro benzene ring substituents is 1. The number of hydrogen-bond donors (Lipinski definition) is 1. The van der Waals surface area contributed by atoms with Crippen molar-refractivity contribution < 1.29 is 4.92 Å². The molecular weight excluding hydrogens is 311 g/mol. The molecule has 21 heavy (non-hydrogen) atoms. The van der Waals surface area contributed by atoms with Crippen LogP contribution >= 0.6 is 23.2 Å². The molecule has 0 amide bonds. The van der Waals surface area contributed by atoms with Gasteiger partial charge in [-0.1, -0.05) is 42.3 Å². The standard InChI is InChI=1S/C15H14Cl2N2O2/c1-2-14(10-4-3-5-12(8-10)19(20)21)18-15-9-11(16)6-7-13(15)17/h3-9,14,18H,2H2,1H3. The largest absolute Gasteiger partial charge is 0.377 e. The van der Waals surface area contributed by atoms with E-state index in [0.29, 0.717) is 15.7 Å². The van der Waals surface area contributed by atoms with Crippen molar-refractivity contribution in [2.24, 2.45) is 0 Å². The summed E-state index contributed by atoms with van der Waals surface area (Å²) in [6.07, 6.45) is 0.754. The van der Waals surface area contributed by atoms with E-state index in [-0.39, 0.29) is 11.7 Å². The minimum absolute atomic E-state index is 0.0740. The number of nitrogens with zero attached hydrogens (tertiary/aromatic N) is 1. The molecule has 0 aliphatic rings. The summed E-state index contributed by atoms with van der Waals surface area (Å²) < 4.78 is 0. The van der Waals surface area contributed by atoms with Crippen LogP contribution in [-0.2, 0) is 0 Å². The number of nitro groups is 1. The van der Waals surface area contributed by atoms with Gasteiger partial charge >= 0.3 is 0 Å². The zero-order chi connectivity index (χ0) is 15.4. The third-order valence-corrected chi connectivity index (χ3v) is 3.71. The van der Waals surface area contributed by atoms with E-state index in [1.807, 2.05) is 13.0 Å². The van der Waals surface area contributed by atoms with Gasteiger partial charge in [0.05, 0.1) is 21.7 Å². The molecular formula is C15H14Cl2N2O2. The summed E-state index contributed by atoms with van der Waals surface area (Å²) in [4.78, 5) is 10.5. The van der Waals surface area contributed by atoms with Gasteiger partial charge in [0.2, 0.25) is 0 Å². The molecule has 2 aromatic rings. The molecule has 1 unspecified atom stereocenters. The molecule has 6 heteroatoms. The van der Waals surface area contributed by atoms with Crippen LogP contribution in [0.15, 0.2) is 42.5 Å². The van der Waals surface area contributed by atoms with Gasteiger partial charge in [0, 0.05) is 17.2 Å². The molecule has 0 radical (unpaired) electrons. The highest BCUT2D eigenvalue weighted by atomic mass is 35.5. The fourth-order valence-electron chi connectivity index (χ4n) is 2.07. The van der Waals surface area contributed by atoms with E-state index in [4.69, 9.17) is 23.2 Å². The fraction of sp³-hybridized carbons (Fsp3) is 0.200. The summed E-state index contributed by atoms with van der Waals surface area (Å²) in [7, 11) is 0. The molecule has 2 rings (SSSR count). The minimum atomic E-state index is -0.400. The van der Waals surface area contributed by atoms with E-state index in [2.05, 4.69) is 5.32 Å². The van der Waals surface area contributed by atoms with Crippen LogP contribution in [-0.4, -0.2) is 4.92 Å². The normalized spacial score (nSPS) is 12.0. The molecule has 0 saturated heterocycles. The van der Waals surface area contributed by atoms with Gasteiger partial charge in [0.25, 0.3) is 5.69 Å². The molecule has 0 aliphatic heterocycles. The van der Waals surface area contributed by atoms with Crippen LogP contribution in [0, 0.1) is 10.1 Å². The van der Waals surface area contributed by atoms with Crippen molar-refractivity contribution in [3.63, 3.8) is 0 Å². The maximum atomic E-state index is 10.9. The first-order chi connectivity index (χ1) is 10.0. The maximum absolute atomic E-state index is 10.9. The summed E-state index contributed by atoms with van der Waals surface area (Å²) in [6, 6.07) is 11.7. The molecule has 110 valence electrons. The van der Waals surface area contributed by atoms with Crippen molar-refractivity contribution in [2.75, 3.05) is 5.32 Å². The van der Waals surface area contributed by atoms with Crippen molar-refractivity contribution >= 4 is 34.6 Å². The zero-order valence-corrected chi connectivity index (χ0v) is 12.9. The van der Waals surface area contributed by atoms with Crippen LogP contribution in [0.4, 0.5) is 11.4 Å². The van der Waals surface area contributed by atoms with Gasteiger partial charge in [0.1, 0.15) is 0 Å². The second-order valence-corrected chi connectivity index (χ2v) is 5.43. The van der Waals surface area contributed by atoms with Gasteiger partial charge in [-0.15, -0.1) is 0 Å². The van der Waals surface area contributed by atoms with Crippen molar-refractivity contribution in [2.45, 2.75) is 19.4 Å². The number of halogens is 2. The highest BCUT2D eigenvalue weighted by Crippen LogP contribution is 2.31. The molecule has 1 N–H and O–H groups in total. The summed E-state index contributed by atoms with van der Waals surface area (Å²) in [5.41, 5.74) is 1.62. The quantitative estimate of drug-likeness (QED) is 0.586. The van der Waals surface area contributed by atoms with Crippen LogP contribution < -0.4 is 5.32 Å². The Morgan fingerprint density at radius 3 is 2.67 bits per heavy atom. The summed E-state index contributed by atoms with van der Waals surface area (Å²) in [5, 5.41) is 15.3. The van der Waals surface area contributed by atoms with Crippen molar-refractivity contribution in [3.8, 4) is 0 Å². The number of benzene rings is 2. The molecule has 0 aliphatic carbocycles. The lowest BCUT2D eigenvalue weighted by atomic mass is 10.0. The lowest BCUT2D eigenvalue weighted by Crippen LogP contribution is -2.10. The number of hydrogen-bond acceptors (Lipinski definition) is 3. The number of nitrogens with one attached hydrogen (secondary N) is 1. The van der Waals surface area contributed by atoms with Crippen LogP contribution in [0.3, 0.4) is 0 Å². The van der Waals surface area contributed by atoms with E-state index in [1.54, 1.807) is 30.3 Å². The first kappa shape index (κ1) is 15.6. The van der Waals surface area contributed by atoms with Gasteiger partial charge in [-0.2, -0.15) is 0 Å². The Kier molecular flexibility index (Phi) is 5.04. The monoisotopic (exact) mass is 324 g/mol. The summed E-state index contributed by atoms with van der Waals surface area (Å²) in [5.74, 6) is 0. The predicted octanol–water partition coefficient (Wildman–Crippen LogP) is 5.46. The number of rotatable bonds is 5. The smallest absolute Gasteiger partial charge is 0.269 e. The zero-order valence-electron chi connectivity index (χ0n) is 11.3. The minimum Gasteiger partial charge on any atom is -0.377 e. The van der Waals surface area contributed by atoms with Gasteiger partial charge < -0.3 is 5.32 Å². The van der Waals surface area contributed by atoms with E-state index >= 15 is 0 Å². The molecule has 0 bridgehead atoms. The molecule has 0 heterocycles. The Morgan fingerprint density at radius 1 is 1.24 bits per heavy atom. The van der Waals surface area contributed by atoms with E-state index in [0.717, 1.165) is 12.0 Å². The van der Waals surface area contributed by atoms with Crippen molar-refractivity contribution in [3.05, 3.63) is 68.2 Å². The van der Waals surface area contributed by atoms with Crippen LogP contribution in [0.5, 0.6) is 0 Å². The van der Waals surface area contributed by atoms with Crippen LogP contribution in [0.2, 0.25) is 10.0 Å². The lowest BCUT2D eigenvalue weighted by molar-refractivity contribution is -0.384. The average Bonchev–Trinajstić information content (AvgIpc) is 2.48.